The molecule has 0 fully saturated rings. The highest BCUT2D eigenvalue weighted by atomic mass is 16.5. The molecule has 0 saturated carbocycles. The number of aryl methyl sites for hydroxylation is 2. The first-order chi connectivity index (χ1) is 11.5. The number of para-hydroxylation sites is 1. The van der Waals surface area contributed by atoms with Crippen LogP contribution in [-0.4, -0.2) is 19.3 Å². The second-order valence-electron chi connectivity index (χ2n) is 5.35. The third-order valence-corrected chi connectivity index (χ3v) is 3.47. The Morgan fingerprint density at radius 2 is 1.83 bits per heavy atom. The van der Waals surface area contributed by atoms with Crippen molar-refractivity contribution in [2.45, 2.75) is 20.5 Å². The fourth-order valence-corrected chi connectivity index (χ4v) is 2.33. The Hall–Kier alpha value is -3.02. The summed E-state index contributed by atoms with van der Waals surface area (Å²) in [5, 5.41) is 7.40. The van der Waals surface area contributed by atoms with E-state index in [-0.39, 0.29) is 5.96 Å². The Morgan fingerprint density at radius 3 is 2.46 bits per heavy atom. The maximum Gasteiger partial charge on any atom is 0.211 e. The van der Waals surface area contributed by atoms with Crippen LogP contribution < -0.4 is 20.9 Å². The van der Waals surface area contributed by atoms with Gasteiger partial charge in [0, 0.05) is 5.56 Å². The van der Waals surface area contributed by atoms with Gasteiger partial charge in [-0.05, 0) is 48.7 Å². The lowest BCUT2D eigenvalue weighted by molar-refractivity contribution is 0.293. The fourth-order valence-electron chi connectivity index (χ4n) is 2.33. The van der Waals surface area contributed by atoms with Gasteiger partial charge in [0.1, 0.15) is 18.1 Å². The van der Waals surface area contributed by atoms with Crippen LogP contribution in [0.3, 0.4) is 0 Å². The molecule has 2 aromatic rings. The zero-order valence-electron chi connectivity index (χ0n) is 14.1. The largest absolute Gasteiger partial charge is 0.496 e. The summed E-state index contributed by atoms with van der Waals surface area (Å²) in [6.07, 6.45) is 1.57. The Balaban J connectivity index is 2.22. The highest BCUT2D eigenvalue weighted by Crippen LogP contribution is 2.26. The van der Waals surface area contributed by atoms with Gasteiger partial charge in [0.05, 0.1) is 13.3 Å². The van der Waals surface area contributed by atoms with Crippen molar-refractivity contribution in [3.8, 4) is 11.5 Å². The van der Waals surface area contributed by atoms with E-state index in [1.807, 2.05) is 50.2 Å². The summed E-state index contributed by atoms with van der Waals surface area (Å²) < 4.78 is 11.4. The molecule has 0 spiro atoms. The number of nitrogens with zero attached hydrogens (tertiary/aromatic N) is 2. The van der Waals surface area contributed by atoms with Crippen molar-refractivity contribution in [2.24, 2.45) is 21.7 Å². The number of benzene rings is 2. The van der Waals surface area contributed by atoms with Gasteiger partial charge in [-0.25, -0.2) is 0 Å². The second-order valence-corrected chi connectivity index (χ2v) is 5.35. The summed E-state index contributed by atoms with van der Waals surface area (Å²) in [4.78, 5) is 0. The lowest BCUT2D eigenvalue weighted by Crippen LogP contribution is -2.21. The molecule has 0 aliphatic carbocycles. The SMILES string of the molecule is COc1ccc(C=NN=C(N)N)cc1COc1c(C)cccc1C. The van der Waals surface area contributed by atoms with E-state index >= 15 is 0 Å². The second kappa shape index (κ2) is 8.01. The van der Waals surface area contributed by atoms with Crippen molar-refractivity contribution in [3.05, 3.63) is 58.7 Å². The summed E-state index contributed by atoms with van der Waals surface area (Å²) in [6, 6.07) is 11.7. The third kappa shape index (κ3) is 4.49. The van der Waals surface area contributed by atoms with Crippen LogP contribution in [0, 0.1) is 13.8 Å². The van der Waals surface area contributed by atoms with Crippen LogP contribution in [0.1, 0.15) is 22.3 Å². The lowest BCUT2D eigenvalue weighted by Gasteiger charge is -2.14. The van der Waals surface area contributed by atoms with E-state index < -0.39 is 0 Å². The van der Waals surface area contributed by atoms with Crippen molar-refractivity contribution >= 4 is 12.2 Å². The molecule has 6 heteroatoms. The molecule has 6 nitrogen and oxygen atoms in total. The van der Waals surface area contributed by atoms with Gasteiger partial charge in [-0.1, -0.05) is 18.2 Å². The molecule has 4 N–H and O–H groups in total. The number of methoxy groups -OCH3 is 1. The summed E-state index contributed by atoms with van der Waals surface area (Å²) in [6.45, 7) is 4.44. The standard InChI is InChI=1S/C18H22N4O2/c1-12-5-4-6-13(2)17(12)24-11-15-9-14(7-8-16(15)23-3)10-21-22-18(19)20/h4-10H,11H2,1-3H3,(H4,19,20,22). The minimum Gasteiger partial charge on any atom is -0.496 e. The molecule has 0 unspecified atom stereocenters. The van der Waals surface area contributed by atoms with Gasteiger partial charge >= 0.3 is 0 Å². The van der Waals surface area contributed by atoms with Crippen molar-refractivity contribution in [2.75, 3.05) is 7.11 Å². The van der Waals surface area contributed by atoms with Gasteiger partial charge < -0.3 is 20.9 Å². The van der Waals surface area contributed by atoms with E-state index in [0.29, 0.717) is 6.61 Å². The van der Waals surface area contributed by atoms with E-state index in [2.05, 4.69) is 10.2 Å². The summed E-state index contributed by atoms with van der Waals surface area (Å²) in [7, 11) is 1.63. The fraction of sp³-hybridized carbons (Fsp3) is 0.222. The number of guanidine groups is 1. The molecule has 0 amide bonds. The van der Waals surface area contributed by atoms with Crippen molar-refractivity contribution < 1.29 is 9.47 Å². The molecule has 2 aromatic carbocycles. The Labute approximate surface area is 141 Å². The number of hydrogen-bond acceptors (Lipinski definition) is 4. The van der Waals surface area contributed by atoms with Gasteiger partial charge in [0.25, 0.3) is 0 Å². The van der Waals surface area contributed by atoms with Crippen molar-refractivity contribution in [3.63, 3.8) is 0 Å². The average Bonchev–Trinajstić information content (AvgIpc) is 2.54. The van der Waals surface area contributed by atoms with Crippen LogP contribution in [0.25, 0.3) is 0 Å². The maximum atomic E-state index is 6.00. The van der Waals surface area contributed by atoms with Crippen molar-refractivity contribution in [1.29, 1.82) is 0 Å². The van der Waals surface area contributed by atoms with E-state index in [9.17, 15) is 0 Å². The molecular weight excluding hydrogens is 304 g/mol. The van der Waals surface area contributed by atoms with Gasteiger partial charge in [-0.3, -0.25) is 0 Å². The molecule has 24 heavy (non-hydrogen) atoms. The minimum absolute atomic E-state index is 0.0849. The van der Waals surface area contributed by atoms with Crippen LogP contribution in [0.4, 0.5) is 0 Å². The molecule has 126 valence electrons. The molecule has 0 radical (unpaired) electrons. The van der Waals surface area contributed by atoms with E-state index in [4.69, 9.17) is 20.9 Å². The molecular formula is C18H22N4O2. The summed E-state index contributed by atoms with van der Waals surface area (Å²) in [5.41, 5.74) is 14.4. The van der Waals surface area contributed by atoms with Crippen LogP contribution in [0.15, 0.2) is 46.6 Å². The predicted octanol–water partition coefficient (Wildman–Crippen LogP) is 2.50. The first-order valence-corrected chi connectivity index (χ1v) is 7.49. The number of rotatable bonds is 6. The topological polar surface area (TPSA) is 95.2 Å². The lowest BCUT2D eigenvalue weighted by atomic mass is 10.1. The molecule has 0 aliphatic rings. The molecule has 0 aliphatic heterocycles. The Bertz CT molecular complexity index is 745. The van der Waals surface area contributed by atoms with E-state index in [1.54, 1.807) is 13.3 Å². The highest BCUT2D eigenvalue weighted by molar-refractivity contribution is 5.82. The zero-order valence-corrected chi connectivity index (χ0v) is 14.1. The van der Waals surface area contributed by atoms with E-state index in [0.717, 1.165) is 33.8 Å². The summed E-state index contributed by atoms with van der Waals surface area (Å²) >= 11 is 0. The van der Waals surface area contributed by atoms with Gasteiger partial charge in [-0.15, -0.1) is 5.10 Å². The molecule has 0 heterocycles. The van der Waals surface area contributed by atoms with Crippen LogP contribution >= 0.6 is 0 Å². The molecule has 0 atom stereocenters. The van der Waals surface area contributed by atoms with E-state index in [1.165, 1.54) is 0 Å². The minimum atomic E-state index is -0.0849. The van der Waals surface area contributed by atoms with Crippen molar-refractivity contribution in [1.82, 2.24) is 0 Å². The maximum absolute atomic E-state index is 6.00. The van der Waals surface area contributed by atoms with Gasteiger partial charge in [0.2, 0.25) is 5.96 Å². The van der Waals surface area contributed by atoms with Crippen LogP contribution in [0.2, 0.25) is 0 Å². The van der Waals surface area contributed by atoms with Gasteiger partial charge in [-0.2, -0.15) is 5.10 Å². The third-order valence-electron chi connectivity index (χ3n) is 3.47. The normalized spacial score (nSPS) is 10.6. The molecule has 0 saturated heterocycles. The highest BCUT2D eigenvalue weighted by Gasteiger charge is 2.08. The smallest absolute Gasteiger partial charge is 0.211 e. The number of nitrogens with two attached hydrogens (primary N) is 2. The van der Waals surface area contributed by atoms with Crippen LogP contribution in [-0.2, 0) is 6.61 Å². The van der Waals surface area contributed by atoms with Crippen LogP contribution in [0.5, 0.6) is 11.5 Å². The number of ether oxygens (including phenoxy) is 2. The molecule has 0 bridgehead atoms. The predicted molar refractivity (Wildman–Crippen MR) is 96.6 cm³/mol. The number of hydrogen-bond donors (Lipinski definition) is 2. The summed E-state index contributed by atoms with van der Waals surface area (Å²) in [5.74, 6) is 1.55. The first-order valence-electron chi connectivity index (χ1n) is 7.49. The Morgan fingerprint density at radius 1 is 1.12 bits per heavy atom. The molecule has 2 rings (SSSR count). The molecule has 0 aromatic heterocycles. The quantitative estimate of drug-likeness (QED) is 0.484. The van der Waals surface area contributed by atoms with Gasteiger partial charge in [0.15, 0.2) is 0 Å². The first kappa shape index (κ1) is 17.3. The Kier molecular flexibility index (Phi) is 5.78. The average molecular weight is 326 g/mol. The monoisotopic (exact) mass is 326 g/mol. The zero-order chi connectivity index (χ0) is 17.5.